The molecule has 84 valence electrons. The molecule has 0 bridgehead atoms. The molecule has 1 rings (SSSR count). The second kappa shape index (κ2) is 6.02. The van der Waals surface area contributed by atoms with Crippen molar-refractivity contribution in [3.8, 4) is 6.07 Å². The van der Waals surface area contributed by atoms with E-state index in [1.807, 2.05) is 0 Å². The molecule has 0 saturated carbocycles. The highest BCUT2D eigenvalue weighted by Gasteiger charge is 2.10. The largest absolute Gasteiger partial charge is 0.466 e. The number of carbonyl (C=O) groups is 1. The Morgan fingerprint density at radius 1 is 1.50 bits per heavy atom. The van der Waals surface area contributed by atoms with Crippen LogP contribution in [0.3, 0.4) is 0 Å². The van der Waals surface area contributed by atoms with E-state index < -0.39 is 0 Å². The van der Waals surface area contributed by atoms with Crippen LogP contribution >= 0.6 is 31.9 Å². The number of nitrogens with zero attached hydrogens (tertiary/aromatic N) is 1. The number of benzene rings is 1. The molecule has 16 heavy (non-hydrogen) atoms. The summed E-state index contributed by atoms with van der Waals surface area (Å²) in [6.07, 6.45) is 0.175. The van der Waals surface area contributed by atoms with Gasteiger partial charge in [0.25, 0.3) is 0 Å². The fraction of sp³-hybridized carbons (Fsp3) is 0.273. The second-order valence-electron chi connectivity index (χ2n) is 3.03. The normalized spacial score (nSPS) is 9.62. The van der Waals surface area contributed by atoms with Gasteiger partial charge in [0.15, 0.2) is 0 Å². The van der Waals surface area contributed by atoms with Gasteiger partial charge >= 0.3 is 5.97 Å². The average Bonchev–Trinajstić information content (AvgIpc) is 2.23. The summed E-state index contributed by atoms with van der Waals surface area (Å²) in [5, 5.41) is 8.89. The minimum Gasteiger partial charge on any atom is -0.466 e. The summed E-state index contributed by atoms with van der Waals surface area (Å²) >= 11 is 6.60. The van der Waals surface area contributed by atoms with Crippen LogP contribution in [0.5, 0.6) is 0 Å². The Morgan fingerprint density at radius 3 is 2.75 bits per heavy atom. The van der Waals surface area contributed by atoms with Gasteiger partial charge in [-0.1, -0.05) is 0 Å². The van der Waals surface area contributed by atoms with Crippen molar-refractivity contribution in [2.24, 2.45) is 0 Å². The van der Waals surface area contributed by atoms with Crippen molar-refractivity contribution >= 4 is 37.8 Å². The minimum absolute atomic E-state index is 0.175. The Bertz CT molecular complexity index is 452. The van der Waals surface area contributed by atoms with Crippen molar-refractivity contribution in [2.75, 3.05) is 6.61 Å². The highest BCUT2D eigenvalue weighted by atomic mass is 79.9. The molecule has 0 saturated heterocycles. The Hall–Kier alpha value is -0.860. The SMILES string of the molecule is CCOC(=O)Cc1cc(Br)c(Br)c(C#N)c1. The van der Waals surface area contributed by atoms with Crippen molar-refractivity contribution in [3.63, 3.8) is 0 Å². The van der Waals surface area contributed by atoms with Crippen molar-refractivity contribution in [1.29, 1.82) is 5.26 Å². The summed E-state index contributed by atoms with van der Waals surface area (Å²) in [4.78, 5) is 11.3. The van der Waals surface area contributed by atoms with Crippen LogP contribution < -0.4 is 0 Å². The summed E-state index contributed by atoms with van der Waals surface area (Å²) in [5.41, 5.74) is 1.25. The van der Waals surface area contributed by atoms with Gasteiger partial charge in [-0.05, 0) is 56.5 Å². The molecule has 0 radical (unpaired) electrons. The van der Waals surface area contributed by atoms with E-state index in [2.05, 4.69) is 37.9 Å². The fourth-order valence-electron chi connectivity index (χ4n) is 1.21. The van der Waals surface area contributed by atoms with Crippen molar-refractivity contribution < 1.29 is 9.53 Å². The van der Waals surface area contributed by atoms with Crippen LogP contribution in [0.25, 0.3) is 0 Å². The number of nitriles is 1. The van der Waals surface area contributed by atoms with E-state index in [1.54, 1.807) is 19.1 Å². The molecule has 0 spiro atoms. The maximum Gasteiger partial charge on any atom is 0.310 e. The van der Waals surface area contributed by atoms with Gasteiger partial charge in [0.05, 0.1) is 18.6 Å². The monoisotopic (exact) mass is 345 g/mol. The Kier molecular flexibility index (Phi) is 4.97. The van der Waals surface area contributed by atoms with E-state index in [0.29, 0.717) is 16.6 Å². The van der Waals surface area contributed by atoms with Crippen molar-refractivity contribution in [3.05, 3.63) is 32.2 Å². The zero-order chi connectivity index (χ0) is 12.1. The minimum atomic E-state index is -0.291. The molecular weight excluding hydrogens is 338 g/mol. The summed E-state index contributed by atoms with van der Waals surface area (Å²) < 4.78 is 6.29. The lowest BCUT2D eigenvalue weighted by Crippen LogP contribution is -2.07. The van der Waals surface area contributed by atoms with E-state index >= 15 is 0 Å². The molecule has 0 aliphatic rings. The van der Waals surface area contributed by atoms with Gasteiger partial charge in [-0.2, -0.15) is 5.26 Å². The van der Waals surface area contributed by atoms with E-state index in [1.165, 1.54) is 0 Å². The summed E-state index contributed by atoms with van der Waals surface area (Å²) in [5.74, 6) is -0.291. The summed E-state index contributed by atoms with van der Waals surface area (Å²) in [6.45, 7) is 2.12. The topological polar surface area (TPSA) is 50.1 Å². The van der Waals surface area contributed by atoms with Crippen LogP contribution in [-0.4, -0.2) is 12.6 Å². The number of esters is 1. The first-order valence-electron chi connectivity index (χ1n) is 4.62. The van der Waals surface area contributed by atoms with Crippen LogP contribution in [-0.2, 0) is 16.0 Å². The number of halogens is 2. The quantitative estimate of drug-likeness (QED) is 0.790. The lowest BCUT2D eigenvalue weighted by atomic mass is 10.1. The third-order valence-electron chi connectivity index (χ3n) is 1.86. The van der Waals surface area contributed by atoms with Gasteiger partial charge in [0.2, 0.25) is 0 Å². The zero-order valence-corrected chi connectivity index (χ0v) is 11.8. The van der Waals surface area contributed by atoms with Crippen LogP contribution in [0, 0.1) is 11.3 Å². The standard InChI is InChI=1S/C11H9Br2NO2/c1-2-16-10(15)5-7-3-8(6-14)11(13)9(12)4-7/h3-4H,2,5H2,1H3. The highest BCUT2D eigenvalue weighted by Crippen LogP contribution is 2.28. The van der Waals surface area contributed by atoms with Gasteiger partial charge in [0, 0.05) is 8.95 Å². The summed E-state index contributed by atoms with van der Waals surface area (Å²) in [6, 6.07) is 5.52. The Morgan fingerprint density at radius 2 is 2.19 bits per heavy atom. The Balaban J connectivity index is 2.95. The highest BCUT2D eigenvalue weighted by molar-refractivity contribution is 9.13. The molecule has 0 N–H and O–H groups in total. The van der Waals surface area contributed by atoms with E-state index in [0.717, 1.165) is 10.0 Å². The molecule has 0 fully saturated rings. The third-order valence-corrected chi connectivity index (χ3v) is 3.87. The predicted molar refractivity (Wildman–Crippen MR) is 66.9 cm³/mol. The fourth-order valence-corrected chi connectivity index (χ4v) is 2.03. The molecule has 0 aromatic heterocycles. The molecule has 3 nitrogen and oxygen atoms in total. The van der Waals surface area contributed by atoms with Crippen molar-refractivity contribution in [1.82, 2.24) is 0 Å². The smallest absolute Gasteiger partial charge is 0.310 e. The van der Waals surface area contributed by atoms with Gasteiger partial charge < -0.3 is 4.74 Å². The Labute approximate surface area is 111 Å². The molecule has 1 aromatic rings. The van der Waals surface area contributed by atoms with Gasteiger partial charge in [0.1, 0.15) is 6.07 Å². The second-order valence-corrected chi connectivity index (χ2v) is 4.68. The molecule has 0 amide bonds. The van der Waals surface area contributed by atoms with Gasteiger partial charge in [-0.3, -0.25) is 4.79 Å². The number of rotatable bonds is 3. The molecule has 0 atom stereocenters. The lowest BCUT2D eigenvalue weighted by molar-refractivity contribution is -0.142. The number of ether oxygens (including phenoxy) is 1. The molecule has 0 aliphatic carbocycles. The van der Waals surface area contributed by atoms with Crippen LogP contribution in [0.15, 0.2) is 21.1 Å². The lowest BCUT2D eigenvalue weighted by Gasteiger charge is -2.05. The van der Waals surface area contributed by atoms with E-state index in [9.17, 15) is 4.79 Å². The number of carbonyl (C=O) groups excluding carboxylic acids is 1. The molecule has 5 heteroatoms. The van der Waals surface area contributed by atoms with Crippen LogP contribution in [0.4, 0.5) is 0 Å². The first-order chi connectivity index (χ1) is 7.58. The molecule has 1 aromatic carbocycles. The van der Waals surface area contributed by atoms with E-state index in [-0.39, 0.29) is 12.4 Å². The third kappa shape index (κ3) is 3.32. The van der Waals surface area contributed by atoms with Crippen LogP contribution in [0.1, 0.15) is 18.1 Å². The maximum absolute atomic E-state index is 11.3. The van der Waals surface area contributed by atoms with Crippen LogP contribution in [0.2, 0.25) is 0 Å². The molecule has 0 unspecified atom stereocenters. The van der Waals surface area contributed by atoms with Crippen molar-refractivity contribution in [2.45, 2.75) is 13.3 Å². The first kappa shape index (κ1) is 13.2. The van der Waals surface area contributed by atoms with E-state index in [4.69, 9.17) is 10.00 Å². The number of hydrogen-bond acceptors (Lipinski definition) is 3. The molecule has 0 aliphatic heterocycles. The molecule has 0 heterocycles. The predicted octanol–water partition coefficient (Wildman–Crippen LogP) is 3.19. The summed E-state index contributed by atoms with van der Waals surface area (Å²) in [7, 11) is 0. The number of hydrogen-bond donors (Lipinski definition) is 0. The van der Waals surface area contributed by atoms with Gasteiger partial charge in [-0.25, -0.2) is 0 Å². The maximum atomic E-state index is 11.3. The average molecular weight is 347 g/mol. The zero-order valence-electron chi connectivity index (χ0n) is 8.59. The first-order valence-corrected chi connectivity index (χ1v) is 6.20. The van der Waals surface area contributed by atoms with Gasteiger partial charge in [-0.15, -0.1) is 0 Å². The molecular formula is C11H9Br2NO2.